The van der Waals surface area contributed by atoms with Gasteiger partial charge >= 0.3 is 17.3 Å². The number of nitro groups is 2. The number of nitrogens with zero attached hydrogens (tertiary/aromatic N) is 2. The van der Waals surface area contributed by atoms with Crippen LogP contribution in [0.3, 0.4) is 0 Å². The summed E-state index contributed by atoms with van der Waals surface area (Å²) in [4.78, 5) is 33.4. The summed E-state index contributed by atoms with van der Waals surface area (Å²) in [5.41, 5.74) is -1.12. The maximum Gasteiger partial charge on any atom is 0.392 e. The number of ether oxygens (including phenoxy) is 3. The molecule has 0 aliphatic heterocycles. The molecule has 0 bridgehead atoms. The Kier molecular flexibility index (Phi) is 9.81. The summed E-state index contributed by atoms with van der Waals surface area (Å²) in [6.07, 6.45) is 5.92. The molecule has 0 fully saturated rings. The quantitative estimate of drug-likeness (QED) is 0.0963. The number of carbonyl (C=O) groups is 1. The molecule has 0 aliphatic rings. The third-order valence-corrected chi connectivity index (χ3v) is 4.47. The van der Waals surface area contributed by atoms with Gasteiger partial charge in [-0.15, -0.1) is 0 Å². The zero-order valence-electron chi connectivity index (χ0n) is 18.5. The SMILES string of the molecule is CCCCOc1ccc(/C=C/C(=O)Oc2ccc(OCCCC)c([N+](=O)[O-])c2[N+](=O)[O-])cc1. The molecule has 0 saturated heterocycles. The van der Waals surface area contributed by atoms with Crippen molar-refractivity contribution in [2.24, 2.45) is 0 Å². The highest BCUT2D eigenvalue weighted by Gasteiger charge is 2.35. The van der Waals surface area contributed by atoms with Crippen LogP contribution >= 0.6 is 0 Å². The summed E-state index contributed by atoms with van der Waals surface area (Å²) in [5, 5.41) is 23.0. The van der Waals surface area contributed by atoms with Crippen molar-refractivity contribution >= 4 is 23.4 Å². The third kappa shape index (κ3) is 7.60. The largest absolute Gasteiger partial charge is 0.494 e. The fourth-order valence-corrected chi connectivity index (χ4v) is 2.74. The van der Waals surface area contributed by atoms with E-state index >= 15 is 0 Å². The van der Waals surface area contributed by atoms with Gasteiger partial charge < -0.3 is 14.2 Å². The second kappa shape index (κ2) is 12.8. The fourth-order valence-electron chi connectivity index (χ4n) is 2.74. The van der Waals surface area contributed by atoms with Gasteiger partial charge in [0.2, 0.25) is 11.5 Å². The Bertz CT molecular complexity index is 1000. The summed E-state index contributed by atoms with van der Waals surface area (Å²) in [6, 6.07) is 9.28. The minimum Gasteiger partial charge on any atom is -0.494 e. The van der Waals surface area contributed by atoms with Crippen molar-refractivity contribution in [3.63, 3.8) is 0 Å². The Morgan fingerprint density at radius 2 is 1.39 bits per heavy atom. The van der Waals surface area contributed by atoms with Gasteiger partial charge in [0.25, 0.3) is 0 Å². The molecule has 0 spiro atoms. The lowest BCUT2D eigenvalue weighted by Gasteiger charge is -2.08. The highest BCUT2D eigenvalue weighted by atomic mass is 16.6. The molecule has 0 saturated carbocycles. The van der Waals surface area contributed by atoms with Gasteiger partial charge in [-0.3, -0.25) is 20.2 Å². The maximum absolute atomic E-state index is 12.2. The van der Waals surface area contributed by atoms with Crippen LogP contribution in [0, 0.1) is 20.2 Å². The highest BCUT2D eigenvalue weighted by Crippen LogP contribution is 2.43. The molecule has 33 heavy (non-hydrogen) atoms. The number of benzene rings is 2. The Balaban J connectivity index is 2.16. The maximum atomic E-state index is 12.2. The summed E-state index contributed by atoms with van der Waals surface area (Å²) in [6.45, 7) is 4.76. The molecule has 2 rings (SSSR count). The van der Waals surface area contributed by atoms with E-state index in [1.165, 1.54) is 12.1 Å². The molecule has 0 amide bonds. The second-order valence-corrected chi connectivity index (χ2v) is 7.00. The Morgan fingerprint density at radius 1 is 0.848 bits per heavy atom. The number of hydrogen-bond donors (Lipinski definition) is 0. The topological polar surface area (TPSA) is 131 Å². The first-order chi connectivity index (χ1) is 15.9. The molecule has 10 heteroatoms. The molecular formula is C23H26N2O8. The Labute approximate surface area is 191 Å². The minimum atomic E-state index is -0.964. The van der Waals surface area contributed by atoms with E-state index in [0.717, 1.165) is 31.4 Å². The van der Waals surface area contributed by atoms with E-state index < -0.39 is 32.9 Å². The van der Waals surface area contributed by atoms with Crippen LogP contribution in [0.25, 0.3) is 6.08 Å². The van der Waals surface area contributed by atoms with Gasteiger partial charge in [-0.25, -0.2) is 4.79 Å². The lowest BCUT2D eigenvalue weighted by atomic mass is 10.2. The van der Waals surface area contributed by atoms with Crippen molar-refractivity contribution < 1.29 is 28.9 Å². The van der Waals surface area contributed by atoms with Gasteiger partial charge in [0.05, 0.1) is 23.1 Å². The van der Waals surface area contributed by atoms with E-state index in [-0.39, 0.29) is 12.4 Å². The molecule has 2 aromatic rings. The van der Waals surface area contributed by atoms with Crippen molar-refractivity contribution in [1.29, 1.82) is 0 Å². The van der Waals surface area contributed by atoms with E-state index in [1.54, 1.807) is 24.3 Å². The number of rotatable bonds is 13. The molecule has 0 radical (unpaired) electrons. The Hall–Kier alpha value is -3.95. The standard InChI is InChI=1S/C23H26N2O8/c1-3-5-15-31-18-10-7-17(8-11-18)9-14-21(26)33-20-13-12-19(32-16-6-4-2)22(24(27)28)23(20)25(29)30/h7-14H,3-6,15-16H2,1-2H3/b14-9+. The van der Waals surface area contributed by atoms with Crippen molar-refractivity contribution in [3.05, 3.63) is 68.3 Å². The monoisotopic (exact) mass is 458 g/mol. The summed E-state index contributed by atoms with van der Waals surface area (Å²) < 4.78 is 15.9. The third-order valence-electron chi connectivity index (χ3n) is 4.47. The summed E-state index contributed by atoms with van der Waals surface area (Å²) in [7, 11) is 0. The smallest absolute Gasteiger partial charge is 0.392 e. The van der Waals surface area contributed by atoms with Gasteiger partial charge in [-0.05, 0) is 48.7 Å². The Morgan fingerprint density at radius 3 is 1.97 bits per heavy atom. The normalized spacial score (nSPS) is 10.7. The lowest BCUT2D eigenvalue weighted by Crippen LogP contribution is -2.09. The molecule has 0 aromatic heterocycles. The highest BCUT2D eigenvalue weighted by molar-refractivity contribution is 5.89. The average molecular weight is 458 g/mol. The summed E-state index contributed by atoms with van der Waals surface area (Å²) in [5.74, 6) is -1.01. The molecule has 0 unspecified atom stereocenters. The predicted molar refractivity (Wildman–Crippen MR) is 122 cm³/mol. The fraction of sp³-hybridized carbons (Fsp3) is 0.348. The number of hydrogen-bond acceptors (Lipinski definition) is 8. The second-order valence-electron chi connectivity index (χ2n) is 7.00. The first-order valence-electron chi connectivity index (χ1n) is 10.6. The number of carbonyl (C=O) groups excluding carboxylic acids is 1. The van der Waals surface area contributed by atoms with Crippen molar-refractivity contribution in [3.8, 4) is 17.2 Å². The van der Waals surface area contributed by atoms with Crippen LogP contribution in [0.15, 0.2) is 42.5 Å². The molecule has 10 nitrogen and oxygen atoms in total. The van der Waals surface area contributed by atoms with Gasteiger partial charge in [0.1, 0.15) is 5.75 Å². The van der Waals surface area contributed by atoms with Gasteiger partial charge in [0, 0.05) is 6.08 Å². The van der Waals surface area contributed by atoms with E-state index in [0.29, 0.717) is 24.3 Å². The zero-order valence-corrected chi connectivity index (χ0v) is 18.5. The van der Waals surface area contributed by atoms with E-state index in [4.69, 9.17) is 14.2 Å². The van der Waals surface area contributed by atoms with Crippen LogP contribution in [0.2, 0.25) is 0 Å². The molecule has 176 valence electrons. The van der Waals surface area contributed by atoms with Crippen molar-refractivity contribution in [2.45, 2.75) is 39.5 Å². The van der Waals surface area contributed by atoms with E-state index in [9.17, 15) is 25.0 Å². The zero-order chi connectivity index (χ0) is 24.2. The van der Waals surface area contributed by atoms with Crippen LogP contribution in [0.1, 0.15) is 45.1 Å². The first-order valence-corrected chi connectivity index (χ1v) is 10.6. The summed E-state index contributed by atoms with van der Waals surface area (Å²) >= 11 is 0. The molecule has 2 aromatic carbocycles. The number of esters is 1. The molecule has 0 aliphatic carbocycles. The lowest BCUT2D eigenvalue weighted by molar-refractivity contribution is -0.423. The van der Waals surface area contributed by atoms with Crippen LogP contribution in [-0.4, -0.2) is 29.0 Å². The average Bonchev–Trinajstić information content (AvgIpc) is 2.79. The van der Waals surface area contributed by atoms with Gasteiger partial charge in [0.15, 0.2) is 0 Å². The van der Waals surface area contributed by atoms with Crippen LogP contribution in [-0.2, 0) is 4.79 Å². The first kappa shape index (κ1) is 25.3. The van der Waals surface area contributed by atoms with E-state index in [1.807, 2.05) is 6.92 Å². The van der Waals surface area contributed by atoms with Gasteiger partial charge in [-0.1, -0.05) is 38.8 Å². The van der Waals surface area contributed by atoms with Gasteiger partial charge in [-0.2, -0.15) is 0 Å². The van der Waals surface area contributed by atoms with Crippen molar-refractivity contribution in [2.75, 3.05) is 13.2 Å². The molecule has 0 N–H and O–H groups in total. The van der Waals surface area contributed by atoms with Crippen LogP contribution < -0.4 is 14.2 Å². The molecular weight excluding hydrogens is 432 g/mol. The van der Waals surface area contributed by atoms with Crippen LogP contribution in [0.5, 0.6) is 17.2 Å². The minimum absolute atomic E-state index is 0.165. The molecule has 0 atom stereocenters. The van der Waals surface area contributed by atoms with Crippen molar-refractivity contribution in [1.82, 2.24) is 0 Å². The van der Waals surface area contributed by atoms with E-state index in [2.05, 4.69) is 6.92 Å². The molecule has 0 heterocycles. The predicted octanol–water partition coefficient (Wildman–Crippen LogP) is 5.48. The van der Waals surface area contributed by atoms with Crippen LogP contribution in [0.4, 0.5) is 11.4 Å². The number of nitro benzene ring substituents is 2. The number of unbranched alkanes of at least 4 members (excludes halogenated alkanes) is 2.